The number of hydrogen-bond donors (Lipinski definition) is 2. The quantitative estimate of drug-likeness (QED) is 0.606. The molecule has 0 saturated heterocycles. The van der Waals surface area contributed by atoms with Crippen LogP contribution in [0.1, 0.15) is 19.3 Å². The van der Waals surface area contributed by atoms with E-state index in [9.17, 15) is 4.79 Å². The van der Waals surface area contributed by atoms with Gasteiger partial charge in [-0.05, 0) is 12.8 Å². The van der Waals surface area contributed by atoms with Crippen molar-refractivity contribution in [1.29, 1.82) is 0 Å². The third-order valence-corrected chi connectivity index (χ3v) is 3.14. The van der Waals surface area contributed by atoms with Crippen LogP contribution in [-0.4, -0.2) is 39.5 Å². The third-order valence-electron chi connectivity index (χ3n) is 3.14. The lowest BCUT2D eigenvalue weighted by molar-refractivity contribution is -0.140. The van der Waals surface area contributed by atoms with Gasteiger partial charge in [-0.2, -0.15) is 0 Å². The van der Waals surface area contributed by atoms with E-state index in [1.807, 2.05) is 0 Å². The molecule has 15 heavy (non-hydrogen) atoms. The van der Waals surface area contributed by atoms with Gasteiger partial charge in [0.15, 0.2) is 6.29 Å². The number of nitrogens with two attached hydrogens (primary N) is 1. The summed E-state index contributed by atoms with van der Waals surface area (Å²) in [5.74, 6) is 0.0235. The molecule has 0 aliphatic heterocycles. The van der Waals surface area contributed by atoms with Gasteiger partial charge in [0.2, 0.25) is 5.91 Å². The second-order valence-electron chi connectivity index (χ2n) is 3.95. The second-order valence-corrected chi connectivity index (χ2v) is 3.95. The van der Waals surface area contributed by atoms with Gasteiger partial charge in [0.05, 0.1) is 12.0 Å². The molecule has 1 fully saturated rings. The van der Waals surface area contributed by atoms with Crippen LogP contribution in [0.25, 0.3) is 0 Å². The van der Waals surface area contributed by atoms with Gasteiger partial charge in [-0.25, -0.2) is 0 Å². The zero-order chi connectivity index (χ0) is 11.3. The van der Waals surface area contributed by atoms with E-state index >= 15 is 0 Å². The molecule has 1 saturated carbocycles. The molecule has 5 heteroatoms. The van der Waals surface area contributed by atoms with E-state index in [1.165, 1.54) is 0 Å². The fourth-order valence-corrected chi connectivity index (χ4v) is 1.75. The number of carbonyl (C=O) groups excluding carboxylic acids is 1. The normalized spacial score (nSPS) is 18.7. The van der Waals surface area contributed by atoms with Crippen molar-refractivity contribution >= 4 is 5.91 Å². The van der Waals surface area contributed by atoms with Crippen LogP contribution in [0.2, 0.25) is 0 Å². The molecule has 0 spiro atoms. The highest BCUT2D eigenvalue weighted by atomic mass is 16.7. The predicted octanol–water partition coefficient (Wildman–Crippen LogP) is -0.149. The van der Waals surface area contributed by atoms with Crippen molar-refractivity contribution in [3.05, 3.63) is 0 Å². The van der Waals surface area contributed by atoms with Crippen molar-refractivity contribution in [3.8, 4) is 0 Å². The first kappa shape index (κ1) is 12.4. The second kappa shape index (κ2) is 5.44. The van der Waals surface area contributed by atoms with Crippen molar-refractivity contribution < 1.29 is 14.3 Å². The minimum absolute atomic E-state index is 0.0235. The van der Waals surface area contributed by atoms with Gasteiger partial charge in [-0.15, -0.1) is 0 Å². The number of ether oxygens (including phenoxy) is 2. The van der Waals surface area contributed by atoms with E-state index in [-0.39, 0.29) is 17.6 Å². The summed E-state index contributed by atoms with van der Waals surface area (Å²) in [7, 11) is 3.09. The molecule has 0 unspecified atom stereocenters. The number of carbonyl (C=O) groups is 1. The van der Waals surface area contributed by atoms with E-state index < -0.39 is 0 Å². The van der Waals surface area contributed by atoms with Crippen LogP contribution in [0.4, 0.5) is 0 Å². The van der Waals surface area contributed by atoms with Crippen molar-refractivity contribution in [2.45, 2.75) is 25.6 Å². The molecule has 0 radical (unpaired) electrons. The van der Waals surface area contributed by atoms with Gasteiger partial charge >= 0.3 is 0 Å². The van der Waals surface area contributed by atoms with Gasteiger partial charge < -0.3 is 20.5 Å². The molecule has 5 nitrogen and oxygen atoms in total. The molecule has 1 rings (SSSR count). The fourth-order valence-electron chi connectivity index (χ4n) is 1.75. The highest BCUT2D eigenvalue weighted by Gasteiger charge is 2.42. The Hall–Kier alpha value is -0.650. The summed E-state index contributed by atoms with van der Waals surface area (Å²) in [6, 6.07) is 0. The van der Waals surface area contributed by atoms with Gasteiger partial charge in [0, 0.05) is 20.8 Å². The molecule has 0 atom stereocenters. The lowest BCUT2D eigenvalue weighted by Gasteiger charge is -2.39. The Morgan fingerprint density at radius 1 is 1.47 bits per heavy atom. The Morgan fingerprint density at radius 2 is 2.07 bits per heavy atom. The zero-order valence-corrected chi connectivity index (χ0v) is 9.41. The van der Waals surface area contributed by atoms with E-state index in [0.717, 1.165) is 19.3 Å². The van der Waals surface area contributed by atoms with Gasteiger partial charge in [-0.1, -0.05) is 6.42 Å². The summed E-state index contributed by atoms with van der Waals surface area (Å²) in [6.07, 6.45) is 2.48. The first-order chi connectivity index (χ1) is 7.18. The average Bonchev–Trinajstić information content (AvgIpc) is 2.18. The summed E-state index contributed by atoms with van der Waals surface area (Å²) in [6.45, 7) is 0.789. The van der Waals surface area contributed by atoms with E-state index in [4.69, 9.17) is 15.2 Å². The molecule has 88 valence electrons. The smallest absolute Gasteiger partial charge is 0.227 e. The van der Waals surface area contributed by atoms with E-state index in [1.54, 1.807) is 14.2 Å². The molecule has 1 aliphatic rings. The van der Waals surface area contributed by atoms with Crippen LogP contribution in [0.5, 0.6) is 0 Å². The molecule has 1 aliphatic carbocycles. The monoisotopic (exact) mass is 216 g/mol. The molecular formula is C10H20N2O3. The van der Waals surface area contributed by atoms with Crippen molar-refractivity contribution in [1.82, 2.24) is 5.32 Å². The highest BCUT2D eigenvalue weighted by Crippen LogP contribution is 2.39. The SMILES string of the molecule is COC(CNC(=O)C1(CN)CCC1)OC. The van der Waals surface area contributed by atoms with Crippen LogP contribution in [0, 0.1) is 5.41 Å². The molecule has 0 aromatic carbocycles. The number of rotatable bonds is 6. The molecule has 3 N–H and O–H groups in total. The summed E-state index contributed by atoms with van der Waals surface area (Å²) >= 11 is 0. The lowest BCUT2D eigenvalue weighted by atomic mass is 9.68. The molecule has 0 heterocycles. The van der Waals surface area contributed by atoms with Gasteiger partial charge in [0.25, 0.3) is 0 Å². The summed E-state index contributed by atoms with van der Waals surface area (Å²) < 4.78 is 9.96. The van der Waals surface area contributed by atoms with Crippen molar-refractivity contribution in [2.24, 2.45) is 11.1 Å². The Labute approximate surface area is 90.3 Å². The number of methoxy groups -OCH3 is 2. The standard InChI is InChI=1S/C10H20N2O3/c1-14-8(15-2)6-12-9(13)10(7-11)4-3-5-10/h8H,3-7,11H2,1-2H3,(H,12,13). The maximum atomic E-state index is 11.8. The van der Waals surface area contributed by atoms with Crippen LogP contribution in [-0.2, 0) is 14.3 Å². The largest absolute Gasteiger partial charge is 0.354 e. The highest BCUT2D eigenvalue weighted by molar-refractivity contribution is 5.83. The Kier molecular flexibility index (Phi) is 4.50. The average molecular weight is 216 g/mol. The first-order valence-electron chi connectivity index (χ1n) is 5.22. The Bertz CT molecular complexity index is 207. The van der Waals surface area contributed by atoms with E-state index in [0.29, 0.717) is 13.1 Å². The molecule has 1 amide bonds. The third kappa shape index (κ3) is 2.68. The molecule has 0 aromatic rings. The van der Waals surface area contributed by atoms with Crippen molar-refractivity contribution in [3.63, 3.8) is 0 Å². The van der Waals surface area contributed by atoms with Crippen LogP contribution in [0.15, 0.2) is 0 Å². The predicted molar refractivity (Wildman–Crippen MR) is 56.2 cm³/mol. The summed E-state index contributed by atoms with van der Waals surface area (Å²) in [4.78, 5) is 11.8. The lowest BCUT2D eigenvalue weighted by Crippen LogP contribution is -2.51. The molecule has 0 aromatic heterocycles. The molecular weight excluding hydrogens is 196 g/mol. The Morgan fingerprint density at radius 3 is 2.40 bits per heavy atom. The minimum Gasteiger partial charge on any atom is -0.354 e. The summed E-state index contributed by atoms with van der Waals surface area (Å²) in [5, 5.41) is 2.81. The maximum Gasteiger partial charge on any atom is 0.227 e. The number of hydrogen-bond acceptors (Lipinski definition) is 4. The van der Waals surface area contributed by atoms with Gasteiger partial charge in [-0.3, -0.25) is 4.79 Å². The van der Waals surface area contributed by atoms with Gasteiger partial charge in [0.1, 0.15) is 0 Å². The van der Waals surface area contributed by atoms with Crippen LogP contribution >= 0.6 is 0 Å². The summed E-state index contributed by atoms with van der Waals surface area (Å²) in [5.41, 5.74) is 5.29. The molecule has 0 bridgehead atoms. The van der Waals surface area contributed by atoms with Crippen molar-refractivity contribution in [2.75, 3.05) is 27.3 Å². The van der Waals surface area contributed by atoms with Crippen LogP contribution < -0.4 is 11.1 Å². The fraction of sp³-hybridized carbons (Fsp3) is 0.900. The first-order valence-corrected chi connectivity index (χ1v) is 5.22. The number of nitrogens with one attached hydrogen (secondary N) is 1. The van der Waals surface area contributed by atoms with E-state index in [2.05, 4.69) is 5.32 Å². The zero-order valence-electron chi connectivity index (χ0n) is 9.41. The minimum atomic E-state index is -0.385. The Balaban J connectivity index is 2.35. The van der Waals surface area contributed by atoms with Crippen LogP contribution in [0.3, 0.4) is 0 Å². The maximum absolute atomic E-state index is 11.8. The topological polar surface area (TPSA) is 73.6 Å². The number of amides is 1.